The van der Waals surface area contributed by atoms with Crippen LogP contribution in [0.25, 0.3) is 0 Å². The first-order chi connectivity index (χ1) is 22.5. The predicted molar refractivity (Wildman–Crippen MR) is 201 cm³/mol. The van der Waals surface area contributed by atoms with E-state index in [1.54, 1.807) is 41.8 Å². The number of nitrogens with zero attached hydrogens (tertiary/aromatic N) is 3. The fraction of sp³-hybridized carbons (Fsp3) is 0.857. The number of carbonyl (C=O) groups excluding carboxylic acids is 2. The number of alkyl carbamates (subject to hydrolysis) is 1. The number of nitrogens with one attached hydrogen (secondary N) is 2. The van der Waals surface area contributed by atoms with Gasteiger partial charge in [-0.2, -0.15) is 0 Å². The molecule has 0 aromatic rings. The second-order valence-corrected chi connectivity index (χ2v) is 14.2. The quantitative estimate of drug-likeness (QED) is 0.0963. The van der Waals surface area contributed by atoms with Crippen molar-refractivity contribution in [2.45, 2.75) is 127 Å². The Balaban J connectivity index is -0.000000369. The van der Waals surface area contributed by atoms with E-state index in [1.165, 1.54) is 25.7 Å². The first kappa shape index (κ1) is 52.7. The van der Waals surface area contributed by atoms with Crippen molar-refractivity contribution in [3.05, 3.63) is 12.2 Å². The van der Waals surface area contributed by atoms with Gasteiger partial charge in [0.05, 0.1) is 13.3 Å². The minimum absolute atomic E-state index is 0.0699. The number of carboxylic acid groups (broad SMARTS) is 1. The van der Waals surface area contributed by atoms with Crippen LogP contribution in [0, 0.1) is 11.3 Å². The van der Waals surface area contributed by atoms with Gasteiger partial charge in [-0.25, -0.2) is 17.6 Å². The Kier molecular flexibility index (Phi) is 36.7. The number of amides is 2. The molecule has 3 N–H and O–H groups in total. The molecule has 288 valence electrons. The van der Waals surface area contributed by atoms with Crippen molar-refractivity contribution in [2.24, 2.45) is 11.3 Å². The highest BCUT2D eigenvalue weighted by Gasteiger charge is 2.32. The van der Waals surface area contributed by atoms with Gasteiger partial charge in [-0.3, -0.25) is 14.9 Å². The number of carboxylic acids is 1. The summed E-state index contributed by atoms with van der Waals surface area (Å²) in [6.45, 7) is 24.0. The lowest BCUT2D eigenvalue weighted by Crippen LogP contribution is -2.47. The van der Waals surface area contributed by atoms with Crippen molar-refractivity contribution < 1.29 is 33.2 Å². The predicted octanol–water partition coefficient (Wildman–Crippen LogP) is 6.31. The molecule has 0 radical (unpaired) electrons. The van der Waals surface area contributed by atoms with Crippen LogP contribution < -0.4 is 10.6 Å². The molecule has 0 bridgehead atoms. The lowest BCUT2D eigenvalue weighted by molar-refractivity contribution is -0.134. The van der Waals surface area contributed by atoms with Crippen molar-refractivity contribution in [1.82, 2.24) is 24.1 Å². The molecule has 12 nitrogen and oxygen atoms in total. The second kappa shape index (κ2) is 33.4. The molecule has 0 saturated carbocycles. The van der Waals surface area contributed by atoms with Crippen molar-refractivity contribution >= 4 is 29.1 Å². The van der Waals surface area contributed by atoms with Gasteiger partial charge in [-0.1, -0.05) is 87.3 Å². The van der Waals surface area contributed by atoms with Crippen LogP contribution in [0.4, 0.5) is 4.79 Å². The summed E-state index contributed by atoms with van der Waals surface area (Å²) in [5.41, 5.74) is -0.338. The Morgan fingerprint density at radius 3 is 2.10 bits per heavy atom. The van der Waals surface area contributed by atoms with Crippen LogP contribution in [0.5, 0.6) is 0 Å². The van der Waals surface area contributed by atoms with E-state index in [1.807, 2.05) is 55.4 Å². The number of methoxy groups -OCH3 is 1. The van der Waals surface area contributed by atoms with E-state index in [2.05, 4.69) is 36.6 Å². The van der Waals surface area contributed by atoms with Crippen molar-refractivity contribution in [2.75, 3.05) is 61.2 Å². The highest BCUT2D eigenvalue weighted by atomic mass is 32.2. The minimum Gasteiger partial charge on any atom is -0.481 e. The third-order valence-electron chi connectivity index (χ3n) is 6.63. The monoisotopic (exact) mass is 710 g/mol. The third kappa shape index (κ3) is 31.2. The van der Waals surface area contributed by atoms with Crippen LogP contribution in [0.2, 0.25) is 0 Å². The van der Waals surface area contributed by atoms with Gasteiger partial charge in [0.15, 0.2) is 11.2 Å². The molecule has 1 saturated heterocycles. The molecule has 48 heavy (non-hydrogen) atoms. The SMILES string of the molecule is CC.CC.CC(=O)O.CCCCC/C=C\C(C)CNCOC.C[C@@H]1CCCN1C(=O)CNC(=O)O[C@H](CN(C)S(=O)N(C)C)C(C)(C)C. The van der Waals surface area contributed by atoms with Gasteiger partial charge in [0.25, 0.3) is 5.97 Å². The van der Waals surface area contributed by atoms with E-state index in [4.69, 9.17) is 19.4 Å². The topological polar surface area (TPSA) is 141 Å². The third-order valence-corrected chi connectivity index (χ3v) is 7.93. The van der Waals surface area contributed by atoms with Crippen LogP contribution in [-0.4, -0.2) is 114 Å². The maximum absolute atomic E-state index is 12.2. The molecule has 1 aliphatic heterocycles. The maximum atomic E-state index is 12.2. The summed E-state index contributed by atoms with van der Waals surface area (Å²) in [5, 5.41) is 13.2. The number of allylic oxidation sites excluding steroid dienone is 1. The van der Waals surface area contributed by atoms with Crippen LogP contribution in [0.3, 0.4) is 0 Å². The molecule has 2 amide bonds. The lowest BCUT2D eigenvalue weighted by atomic mass is 9.89. The summed E-state index contributed by atoms with van der Waals surface area (Å²) in [7, 11) is 6.86. The number of unbranched alkanes of at least 4 members (excludes halogenated alkanes) is 3. The molecule has 4 atom stereocenters. The number of rotatable bonds is 16. The highest BCUT2D eigenvalue weighted by molar-refractivity contribution is 7.80. The number of likely N-dealkylation sites (N-methyl/N-ethyl adjacent to an activating group) is 1. The fourth-order valence-electron chi connectivity index (χ4n) is 4.09. The fourth-order valence-corrected chi connectivity index (χ4v) is 4.91. The van der Waals surface area contributed by atoms with Crippen LogP contribution in [0.1, 0.15) is 115 Å². The average Bonchev–Trinajstić information content (AvgIpc) is 3.46. The normalized spacial score (nSPS) is 15.8. The van der Waals surface area contributed by atoms with E-state index in [9.17, 15) is 13.8 Å². The number of ether oxygens (including phenoxy) is 2. The van der Waals surface area contributed by atoms with E-state index in [-0.39, 0.29) is 23.9 Å². The Morgan fingerprint density at radius 2 is 1.67 bits per heavy atom. The molecule has 0 aromatic heterocycles. The van der Waals surface area contributed by atoms with Gasteiger partial charge in [0, 0.05) is 59.7 Å². The van der Waals surface area contributed by atoms with Crippen molar-refractivity contribution in [3.8, 4) is 0 Å². The first-order valence-corrected chi connectivity index (χ1v) is 18.6. The summed E-state index contributed by atoms with van der Waals surface area (Å²) in [6, 6.07) is 0.220. The van der Waals surface area contributed by atoms with E-state index >= 15 is 0 Å². The summed E-state index contributed by atoms with van der Waals surface area (Å²) in [4.78, 5) is 35.2. The molecular weight excluding hydrogens is 634 g/mol. The number of likely N-dealkylation sites (tertiary alicyclic amines) is 1. The molecule has 1 heterocycles. The average molecular weight is 710 g/mol. The van der Waals surface area contributed by atoms with E-state index in [0.717, 1.165) is 32.9 Å². The van der Waals surface area contributed by atoms with Crippen molar-refractivity contribution in [3.63, 3.8) is 0 Å². The molecule has 0 spiro atoms. The highest BCUT2D eigenvalue weighted by Crippen LogP contribution is 2.24. The first-order valence-electron chi connectivity index (χ1n) is 17.6. The zero-order chi connectivity index (χ0) is 38.3. The standard InChI is InChI=1S/C17H34N4O4S.C12H25NO.C2H4O2.2C2H6/c1-13-9-8-10-21(13)15(22)11-18-16(23)25-14(17(2,3)4)12-20(7)26(24)19(5)6;1-4-5-6-7-8-9-12(2)10-13-11-14-3;1-2(3)4;2*1-2/h13-14H,8-12H2,1-7H3,(H,18,23);8-9,12-13H,4-7,10-11H2,1-3H3;1H3,(H,3,4);2*1-2H3/b;9-8-;;;/t13-,14-,26?;;;;/m1..../s1. The van der Waals surface area contributed by atoms with Crippen LogP contribution >= 0.6 is 0 Å². The summed E-state index contributed by atoms with van der Waals surface area (Å²) < 4.78 is 25.8. The number of hydrogen-bond donors (Lipinski definition) is 3. The zero-order valence-corrected chi connectivity index (χ0v) is 34.1. The van der Waals surface area contributed by atoms with Crippen LogP contribution in [0.15, 0.2) is 12.2 Å². The number of hydrogen-bond acceptors (Lipinski definition) is 7. The Labute approximate surface area is 297 Å². The maximum Gasteiger partial charge on any atom is 0.407 e. The van der Waals surface area contributed by atoms with Gasteiger partial charge >= 0.3 is 6.09 Å². The Hall–Kier alpha value is -2.06. The van der Waals surface area contributed by atoms with Gasteiger partial charge in [0.1, 0.15) is 12.6 Å². The molecule has 2 unspecified atom stereocenters. The summed E-state index contributed by atoms with van der Waals surface area (Å²) in [5.74, 6) is -0.322. The minimum atomic E-state index is -1.31. The Bertz CT molecular complexity index is 850. The lowest BCUT2D eigenvalue weighted by Gasteiger charge is -2.33. The molecular formula is C35H75N5O7S. The molecule has 0 aromatic carbocycles. The van der Waals surface area contributed by atoms with Gasteiger partial charge in [-0.15, -0.1) is 0 Å². The van der Waals surface area contributed by atoms with Crippen LogP contribution in [-0.2, 0) is 30.2 Å². The number of carbonyl (C=O) groups is 3. The zero-order valence-electron chi connectivity index (χ0n) is 33.3. The summed E-state index contributed by atoms with van der Waals surface area (Å²) in [6.07, 6.45) is 10.7. The smallest absolute Gasteiger partial charge is 0.407 e. The molecule has 1 rings (SSSR count). The largest absolute Gasteiger partial charge is 0.481 e. The van der Waals surface area contributed by atoms with Gasteiger partial charge in [-0.05, 0) is 38.5 Å². The molecule has 13 heteroatoms. The molecule has 1 fully saturated rings. The van der Waals surface area contributed by atoms with Gasteiger partial charge in [0.2, 0.25) is 5.91 Å². The molecule has 1 aliphatic rings. The van der Waals surface area contributed by atoms with E-state index in [0.29, 0.717) is 19.2 Å². The summed E-state index contributed by atoms with van der Waals surface area (Å²) >= 11 is -1.31. The second-order valence-electron chi connectivity index (χ2n) is 12.4. The molecule has 0 aliphatic carbocycles. The Morgan fingerprint density at radius 1 is 1.10 bits per heavy atom. The van der Waals surface area contributed by atoms with Gasteiger partial charge < -0.3 is 24.8 Å². The number of aliphatic carboxylic acids is 1. The van der Waals surface area contributed by atoms with E-state index < -0.39 is 29.3 Å². The van der Waals surface area contributed by atoms with Crippen molar-refractivity contribution in [1.29, 1.82) is 0 Å².